The summed E-state index contributed by atoms with van der Waals surface area (Å²) in [5.74, 6) is 1.27. The minimum absolute atomic E-state index is 0.170. The zero-order valence-electron chi connectivity index (χ0n) is 15.7. The lowest BCUT2D eigenvalue weighted by Gasteiger charge is -2.08. The third kappa shape index (κ3) is 3.06. The number of hydrogen-bond acceptors (Lipinski definition) is 7. The molecule has 7 nitrogen and oxygen atoms in total. The predicted octanol–water partition coefficient (Wildman–Crippen LogP) is 4.80. The van der Waals surface area contributed by atoms with Crippen LogP contribution in [0.4, 0.5) is 11.5 Å². The van der Waals surface area contributed by atoms with E-state index in [1.807, 2.05) is 30.3 Å². The maximum Gasteiger partial charge on any atom is 0.275 e. The fourth-order valence-corrected chi connectivity index (χ4v) is 4.38. The lowest BCUT2D eigenvalue weighted by molar-refractivity contribution is 0.414. The van der Waals surface area contributed by atoms with Crippen molar-refractivity contribution in [3.63, 3.8) is 0 Å². The number of methoxy groups -OCH3 is 1. The van der Waals surface area contributed by atoms with Gasteiger partial charge in [0.05, 0.1) is 28.9 Å². The monoisotopic (exact) mass is 435 g/mol. The molecule has 0 atom stereocenters. The number of aromatic nitrogens is 4. The number of nitrogens with zero attached hydrogens (tertiary/aromatic N) is 4. The third-order valence-corrected chi connectivity index (χ3v) is 6.06. The second kappa shape index (κ2) is 7.40. The molecule has 0 radical (unpaired) electrons. The Morgan fingerprint density at radius 3 is 2.63 bits per heavy atom. The number of halogens is 1. The van der Waals surface area contributed by atoms with E-state index in [0.717, 1.165) is 0 Å². The molecule has 30 heavy (non-hydrogen) atoms. The molecular formula is C21H14ClN5O2S. The molecule has 0 aliphatic heterocycles. The Hall–Kier alpha value is -3.49. The van der Waals surface area contributed by atoms with Crippen molar-refractivity contribution in [2.75, 3.05) is 12.4 Å². The molecule has 0 spiro atoms. The number of nitrogens with one attached hydrogen (secondary N) is 1. The number of anilines is 2. The largest absolute Gasteiger partial charge is 0.497 e. The smallest absolute Gasteiger partial charge is 0.275 e. The lowest BCUT2D eigenvalue weighted by Crippen LogP contribution is -2.17. The van der Waals surface area contributed by atoms with Gasteiger partial charge in [-0.1, -0.05) is 23.7 Å². The van der Waals surface area contributed by atoms with Crippen LogP contribution in [-0.4, -0.2) is 26.6 Å². The van der Waals surface area contributed by atoms with Crippen LogP contribution in [0, 0.1) is 0 Å². The standard InChI is InChI=1S/C21H14ClN5O2S/c1-29-13-8-6-12(7-9-13)27-11-25-17-16-19(26-15-5-3-2-4-14(15)22)23-10-24-20(16)30-18(17)21(27)28/h2-11H,1H3,(H,23,24,26). The van der Waals surface area contributed by atoms with Crippen LogP contribution in [0.2, 0.25) is 5.02 Å². The van der Waals surface area contributed by atoms with Crippen molar-refractivity contribution in [1.29, 1.82) is 0 Å². The van der Waals surface area contributed by atoms with Gasteiger partial charge in [-0.05, 0) is 36.4 Å². The molecule has 0 saturated carbocycles. The van der Waals surface area contributed by atoms with Crippen LogP contribution in [0.3, 0.4) is 0 Å². The van der Waals surface area contributed by atoms with Crippen LogP contribution in [-0.2, 0) is 0 Å². The molecule has 9 heteroatoms. The molecule has 0 saturated heterocycles. The zero-order chi connectivity index (χ0) is 20.7. The molecule has 1 N–H and O–H groups in total. The molecule has 3 heterocycles. The van der Waals surface area contributed by atoms with Gasteiger partial charge in [0.15, 0.2) is 0 Å². The molecular weight excluding hydrogens is 422 g/mol. The third-order valence-electron chi connectivity index (χ3n) is 4.66. The van der Waals surface area contributed by atoms with Gasteiger partial charge < -0.3 is 10.1 Å². The highest BCUT2D eigenvalue weighted by molar-refractivity contribution is 7.25. The van der Waals surface area contributed by atoms with Crippen molar-refractivity contribution < 1.29 is 4.74 Å². The second-order valence-corrected chi connectivity index (χ2v) is 7.81. The van der Waals surface area contributed by atoms with Crippen molar-refractivity contribution in [1.82, 2.24) is 19.5 Å². The molecule has 0 fully saturated rings. The Bertz CT molecular complexity index is 1450. The summed E-state index contributed by atoms with van der Waals surface area (Å²) in [4.78, 5) is 27.1. The molecule has 148 valence electrons. The number of thiophene rings is 1. The van der Waals surface area contributed by atoms with Crippen LogP contribution < -0.4 is 15.6 Å². The Morgan fingerprint density at radius 1 is 1.07 bits per heavy atom. The zero-order valence-corrected chi connectivity index (χ0v) is 17.2. The fraction of sp³-hybridized carbons (Fsp3) is 0.0476. The fourth-order valence-electron chi connectivity index (χ4n) is 3.18. The van der Waals surface area contributed by atoms with E-state index < -0.39 is 0 Å². The van der Waals surface area contributed by atoms with Crippen LogP contribution in [0.25, 0.3) is 26.1 Å². The van der Waals surface area contributed by atoms with Crippen LogP contribution >= 0.6 is 22.9 Å². The van der Waals surface area contributed by atoms with E-state index in [1.165, 1.54) is 28.6 Å². The summed E-state index contributed by atoms with van der Waals surface area (Å²) < 4.78 is 7.19. The van der Waals surface area contributed by atoms with E-state index >= 15 is 0 Å². The van der Waals surface area contributed by atoms with Gasteiger partial charge >= 0.3 is 0 Å². The number of para-hydroxylation sites is 1. The van der Waals surface area contributed by atoms with E-state index in [1.54, 1.807) is 25.3 Å². The molecule has 0 unspecified atom stereocenters. The van der Waals surface area contributed by atoms with E-state index in [0.29, 0.717) is 48.4 Å². The first-order valence-electron chi connectivity index (χ1n) is 8.96. The van der Waals surface area contributed by atoms with Gasteiger partial charge in [-0.3, -0.25) is 9.36 Å². The number of benzene rings is 2. The summed E-state index contributed by atoms with van der Waals surface area (Å²) in [5, 5.41) is 4.49. The SMILES string of the molecule is COc1ccc(-n2cnc3c(sc4ncnc(Nc5ccccc5Cl)c43)c2=O)cc1. The second-order valence-electron chi connectivity index (χ2n) is 6.40. The highest BCUT2D eigenvalue weighted by Gasteiger charge is 2.17. The maximum absolute atomic E-state index is 13.2. The van der Waals surface area contributed by atoms with Crippen LogP contribution in [0.15, 0.2) is 66.0 Å². The van der Waals surface area contributed by atoms with Crippen molar-refractivity contribution in [3.8, 4) is 11.4 Å². The molecule has 5 aromatic rings. The minimum Gasteiger partial charge on any atom is -0.497 e. The van der Waals surface area contributed by atoms with Gasteiger partial charge in [0.2, 0.25) is 0 Å². The summed E-state index contributed by atoms with van der Waals surface area (Å²) in [6.07, 6.45) is 2.98. The van der Waals surface area contributed by atoms with Crippen molar-refractivity contribution in [3.05, 3.63) is 76.6 Å². The van der Waals surface area contributed by atoms with E-state index in [-0.39, 0.29) is 5.56 Å². The number of hydrogen-bond donors (Lipinski definition) is 1. The van der Waals surface area contributed by atoms with E-state index in [9.17, 15) is 4.79 Å². The normalized spacial score (nSPS) is 11.1. The van der Waals surface area contributed by atoms with Gasteiger partial charge in [-0.15, -0.1) is 11.3 Å². The summed E-state index contributed by atoms with van der Waals surface area (Å²) in [7, 11) is 1.60. The van der Waals surface area contributed by atoms with Gasteiger partial charge in [0.1, 0.15) is 39.3 Å². The first-order chi connectivity index (χ1) is 14.7. The summed E-state index contributed by atoms with van der Waals surface area (Å²) in [6, 6.07) is 14.6. The molecule has 0 aliphatic carbocycles. The van der Waals surface area contributed by atoms with Gasteiger partial charge in [-0.25, -0.2) is 15.0 Å². The average molecular weight is 436 g/mol. The topological polar surface area (TPSA) is 81.9 Å². The number of fused-ring (bicyclic) bond motifs is 3. The molecule has 0 amide bonds. The molecule has 0 aliphatic rings. The number of rotatable bonds is 4. The Morgan fingerprint density at radius 2 is 1.87 bits per heavy atom. The Labute approximate surface area is 179 Å². The quantitative estimate of drug-likeness (QED) is 0.437. The Balaban J connectivity index is 1.67. The van der Waals surface area contributed by atoms with Crippen molar-refractivity contribution >= 4 is 54.9 Å². The highest BCUT2D eigenvalue weighted by atomic mass is 35.5. The van der Waals surface area contributed by atoms with E-state index in [4.69, 9.17) is 16.3 Å². The molecule has 3 aromatic heterocycles. The van der Waals surface area contributed by atoms with E-state index in [2.05, 4.69) is 20.3 Å². The summed E-state index contributed by atoms with van der Waals surface area (Å²) >= 11 is 7.56. The highest BCUT2D eigenvalue weighted by Crippen LogP contribution is 2.35. The van der Waals surface area contributed by atoms with Gasteiger partial charge in [0, 0.05) is 0 Å². The van der Waals surface area contributed by atoms with Crippen molar-refractivity contribution in [2.45, 2.75) is 0 Å². The minimum atomic E-state index is -0.170. The molecule has 5 rings (SSSR count). The van der Waals surface area contributed by atoms with Gasteiger partial charge in [-0.2, -0.15) is 0 Å². The summed E-state index contributed by atoms with van der Waals surface area (Å²) in [6.45, 7) is 0. The van der Waals surface area contributed by atoms with Crippen molar-refractivity contribution in [2.24, 2.45) is 0 Å². The molecule has 2 aromatic carbocycles. The Kier molecular flexibility index (Phi) is 4.57. The molecule has 0 bridgehead atoms. The maximum atomic E-state index is 13.2. The number of ether oxygens (including phenoxy) is 1. The predicted molar refractivity (Wildman–Crippen MR) is 120 cm³/mol. The summed E-state index contributed by atoms with van der Waals surface area (Å²) in [5.41, 5.74) is 1.80. The first-order valence-corrected chi connectivity index (χ1v) is 10.2. The lowest BCUT2D eigenvalue weighted by atomic mass is 10.2. The van der Waals surface area contributed by atoms with Crippen LogP contribution in [0.1, 0.15) is 0 Å². The van der Waals surface area contributed by atoms with Crippen LogP contribution in [0.5, 0.6) is 5.75 Å². The van der Waals surface area contributed by atoms with Gasteiger partial charge in [0.25, 0.3) is 5.56 Å². The first kappa shape index (κ1) is 18.5. The average Bonchev–Trinajstić information content (AvgIpc) is 3.16.